The molecule has 1 aliphatic heterocycles. The van der Waals surface area contributed by atoms with Crippen LogP contribution in [-0.4, -0.2) is 58.1 Å². The van der Waals surface area contributed by atoms with Crippen LogP contribution in [-0.2, 0) is 9.47 Å². The van der Waals surface area contributed by atoms with Crippen LogP contribution in [0.15, 0.2) is 36.5 Å². The van der Waals surface area contributed by atoms with Gasteiger partial charge in [-0.15, -0.1) is 0 Å². The first-order chi connectivity index (χ1) is 16.7. The maximum absolute atomic E-state index is 6.50. The highest BCUT2D eigenvalue weighted by atomic mass is 35.5. The van der Waals surface area contributed by atoms with Crippen molar-refractivity contribution in [2.75, 3.05) is 57.7 Å². The van der Waals surface area contributed by atoms with Crippen molar-refractivity contribution in [1.29, 1.82) is 0 Å². The number of hydrogen-bond acceptors (Lipinski definition) is 6. The van der Waals surface area contributed by atoms with E-state index in [1.165, 1.54) is 32.1 Å². The zero-order valence-electron chi connectivity index (χ0n) is 20.7. The molecule has 1 aromatic carbocycles. The SMILES string of the molecule is CNCCOC.Clc1cnc(NC2CCCCC2)cc1-c1cccc(NCC2CCOCC2)c1. The summed E-state index contributed by atoms with van der Waals surface area (Å²) in [6.45, 7) is 4.50. The van der Waals surface area contributed by atoms with Crippen LogP contribution in [0.25, 0.3) is 11.1 Å². The highest BCUT2D eigenvalue weighted by molar-refractivity contribution is 6.33. The fraction of sp³-hybridized carbons (Fsp3) is 0.593. The summed E-state index contributed by atoms with van der Waals surface area (Å²) in [6, 6.07) is 11.1. The van der Waals surface area contributed by atoms with Gasteiger partial charge >= 0.3 is 0 Å². The minimum absolute atomic E-state index is 0.530. The van der Waals surface area contributed by atoms with E-state index >= 15 is 0 Å². The second-order valence-corrected chi connectivity index (χ2v) is 9.55. The van der Waals surface area contributed by atoms with E-state index in [4.69, 9.17) is 21.1 Å². The third-order valence-corrected chi connectivity index (χ3v) is 6.78. The molecule has 1 aliphatic carbocycles. The molecule has 2 aliphatic rings. The van der Waals surface area contributed by atoms with Crippen molar-refractivity contribution in [1.82, 2.24) is 10.3 Å². The molecule has 0 unspecified atom stereocenters. The van der Waals surface area contributed by atoms with Gasteiger partial charge in [-0.2, -0.15) is 0 Å². The molecule has 2 aromatic rings. The summed E-state index contributed by atoms with van der Waals surface area (Å²) < 4.78 is 10.2. The molecular formula is C27H41ClN4O2. The molecule has 3 N–H and O–H groups in total. The van der Waals surface area contributed by atoms with Crippen LogP contribution < -0.4 is 16.0 Å². The second kappa shape index (κ2) is 15.2. The van der Waals surface area contributed by atoms with E-state index in [0.717, 1.165) is 68.4 Å². The lowest BCUT2D eigenvalue weighted by Gasteiger charge is -2.23. The number of ether oxygens (including phenoxy) is 2. The number of pyridine rings is 1. The molecule has 1 saturated heterocycles. The summed E-state index contributed by atoms with van der Waals surface area (Å²) in [5.74, 6) is 1.61. The van der Waals surface area contributed by atoms with E-state index in [1.54, 1.807) is 13.3 Å². The van der Waals surface area contributed by atoms with E-state index < -0.39 is 0 Å². The number of anilines is 2. The average Bonchev–Trinajstić information content (AvgIpc) is 2.89. The van der Waals surface area contributed by atoms with Gasteiger partial charge in [0, 0.05) is 56.9 Å². The van der Waals surface area contributed by atoms with Crippen molar-refractivity contribution in [3.8, 4) is 11.1 Å². The topological polar surface area (TPSA) is 67.4 Å². The lowest BCUT2D eigenvalue weighted by atomic mass is 9.95. The molecule has 7 heteroatoms. The van der Waals surface area contributed by atoms with Crippen molar-refractivity contribution in [2.45, 2.75) is 51.0 Å². The minimum atomic E-state index is 0.530. The first-order valence-electron chi connectivity index (χ1n) is 12.7. The Hall–Kier alpha value is -1.86. The molecular weight excluding hydrogens is 448 g/mol. The Labute approximate surface area is 210 Å². The smallest absolute Gasteiger partial charge is 0.126 e. The first kappa shape index (κ1) is 26.7. The van der Waals surface area contributed by atoms with Gasteiger partial charge in [-0.3, -0.25) is 0 Å². The number of nitrogens with one attached hydrogen (secondary N) is 3. The van der Waals surface area contributed by atoms with Crippen LogP contribution in [0.5, 0.6) is 0 Å². The summed E-state index contributed by atoms with van der Waals surface area (Å²) in [5, 5.41) is 10.8. The van der Waals surface area contributed by atoms with Crippen molar-refractivity contribution in [3.63, 3.8) is 0 Å². The van der Waals surface area contributed by atoms with Gasteiger partial charge in [0.05, 0.1) is 11.6 Å². The largest absolute Gasteiger partial charge is 0.385 e. The van der Waals surface area contributed by atoms with Gasteiger partial charge in [0.1, 0.15) is 5.82 Å². The van der Waals surface area contributed by atoms with Crippen molar-refractivity contribution in [2.24, 2.45) is 5.92 Å². The molecule has 4 rings (SSSR count). The molecule has 1 aromatic heterocycles. The van der Waals surface area contributed by atoms with E-state index in [-0.39, 0.29) is 0 Å². The zero-order chi connectivity index (χ0) is 24.0. The van der Waals surface area contributed by atoms with E-state index in [2.05, 4.69) is 51.3 Å². The van der Waals surface area contributed by atoms with Crippen molar-refractivity contribution < 1.29 is 9.47 Å². The monoisotopic (exact) mass is 488 g/mol. The number of benzene rings is 1. The Bertz CT molecular complexity index is 835. The van der Waals surface area contributed by atoms with Crippen LogP contribution >= 0.6 is 11.6 Å². The van der Waals surface area contributed by atoms with Crippen LogP contribution in [0.1, 0.15) is 44.9 Å². The standard InChI is InChI=1S/C23H30ClN3O.C4H11NO/c24-22-16-26-23(27-19-6-2-1-3-7-19)14-21(22)18-5-4-8-20(13-18)25-15-17-9-11-28-12-10-17;1-5-3-4-6-2/h4-5,8,13-14,16-17,19,25H,1-3,6-7,9-12,15H2,(H,26,27);5H,3-4H2,1-2H3. The van der Waals surface area contributed by atoms with E-state index in [0.29, 0.717) is 17.0 Å². The Morgan fingerprint density at radius 3 is 2.59 bits per heavy atom. The summed E-state index contributed by atoms with van der Waals surface area (Å²) in [5.41, 5.74) is 3.29. The molecule has 1 saturated carbocycles. The number of methoxy groups -OCH3 is 1. The van der Waals surface area contributed by atoms with Gasteiger partial charge in [0.2, 0.25) is 0 Å². The molecule has 2 fully saturated rings. The van der Waals surface area contributed by atoms with Gasteiger partial charge in [-0.25, -0.2) is 4.98 Å². The Morgan fingerprint density at radius 2 is 1.88 bits per heavy atom. The number of rotatable bonds is 9. The molecule has 6 nitrogen and oxygen atoms in total. The van der Waals surface area contributed by atoms with E-state index in [9.17, 15) is 0 Å². The predicted octanol–water partition coefficient (Wildman–Crippen LogP) is 5.84. The highest BCUT2D eigenvalue weighted by Crippen LogP contribution is 2.32. The number of likely N-dealkylation sites (N-methyl/N-ethyl adjacent to an activating group) is 1. The van der Waals surface area contributed by atoms with Crippen LogP contribution in [0.4, 0.5) is 11.5 Å². The predicted molar refractivity (Wildman–Crippen MR) is 143 cm³/mol. The molecule has 0 bridgehead atoms. The van der Waals surface area contributed by atoms with Gasteiger partial charge in [0.25, 0.3) is 0 Å². The fourth-order valence-electron chi connectivity index (χ4n) is 4.41. The number of nitrogens with zero attached hydrogens (tertiary/aromatic N) is 1. The van der Waals surface area contributed by atoms with Crippen LogP contribution in [0.3, 0.4) is 0 Å². The van der Waals surface area contributed by atoms with Gasteiger partial charge in [0.15, 0.2) is 0 Å². The third kappa shape index (κ3) is 9.06. The summed E-state index contributed by atoms with van der Waals surface area (Å²) >= 11 is 6.50. The number of halogens is 1. The lowest BCUT2D eigenvalue weighted by molar-refractivity contribution is 0.0699. The van der Waals surface area contributed by atoms with Crippen LogP contribution in [0, 0.1) is 5.92 Å². The number of hydrogen-bond donors (Lipinski definition) is 3. The van der Waals surface area contributed by atoms with Crippen molar-refractivity contribution in [3.05, 3.63) is 41.6 Å². The molecule has 0 radical (unpaired) electrons. The first-order valence-corrected chi connectivity index (χ1v) is 13.0. The Balaban J connectivity index is 0.000000481. The molecule has 0 spiro atoms. The van der Waals surface area contributed by atoms with E-state index in [1.807, 2.05) is 7.05 Å². The zero-order valence-corrected chi connectivity index (χ0v) is 21.5. The van der Waals surface area contributed by atoms with Crippen molar-refractivity contribution >= 4 is 23.1 Å². The minimum Gasteiger partial charge on any atom is -0.385 e. The Kier molecular flexibility index (Phi) is 12.0. The quantitative estimate of drug-likeness (QED) is 0.385. The molecule has 0 atom stereocenters. The van der Waals surface area contributed by atoms with Crippen LogP contribution in [0.2, 0.25) is 5.02 Å². The maximum atomic E-state index is 6.50. The second-order valence-electron chi connectivity index (χ2n) is 9.14. The summed E-state index contributed by atoms with van der Waals surface area (Å²) in [4.78, 5) is 4.51. The number of aromatic nitrogens is 1. The summed E-state index contributed by atoms with van der Waals surface area (Å²) in [6.07, 6.45) is 10.5. The summed E-state index contributed by atoms with van der Waals surface area (Å²) in [7, 11) is 3.59. The van der Waals surface area contributed by atoms with Gasteiger partial charge in [-0.1, -0.05) is 43.0 Å². The Morgan fingerprint density at radius 1 is 1.09 bits per heavy atom. The fourth-order valence-corrected chi connectivity index (χ4v) is 4.62. The average molecular weight is 489 g/mol. The van der Waals surface area contributed by atoms with Gasteiger partial charge in [-0.05, 0) is 62.4 Å². The highest BCUT2D eigenvalue weighted by Gasteiger charge is 2.16. The molecule has 0 amide bonds. The third-order valence-electron chi connectivity index (χ3n) is 6.48. The normalized spacial score (nSPS) is 17.0. The van der Waals surface area contributed by atoms with Gasteiger partial charge < -0.3 is 25.4 Å². The molecule has 188 valence electrons. The lowest BCUT2D eigenvalue weighted by Crippen LogP contribution is -2.22. The molecule has 34 heavy (non-hydrogen) atoms. The molecule has 2 heterocycles. The maximum Gasteiger partial charge on any atom is 0.126 e.